The summed E-state index contributed by atoms with van der Waals surface area (Å²) in [6, 6.07) is 0. The molecule has 0 rings (SSSR count). The van der Waals surface area contributed by atoms with Crippen LogP contribution in [0.4, 0.5) is 0 Å². The molecule has 0 radical (unpaired) electrons. The van der Waals surface area contributed by atoms with E-state index in [0.717, 1.165) is 0 Å². The Kier molecular flexibility index (Phi) is 4.55. The highest BCUT2D eigenvalue weighted by atomic mass is 16.7. The second-order valence-electron chi connectivity index (χ2n) is 2.69. The van der Waals surface area contributed by atoms with E-state index in [1.54, 1.807) is 0 Å². The molecule has 0 spiro atoms. The lowest BCUT2D eigenvalue weighted by Gasteiger charge is -2.23. The van der Waals surface area contributed by atoms with Crippen LogP contribution >= 0.6 is 0 Å². The normalized spacial score (nSPS) is 18.8. The van der Waals surface area contributed by atoms with E-state index >= 15 is 0 Å². The van der Waals surface area contributed by atoms with Crippen LogP contribution in [0, 0.1) is 0 Å². The fourth-order valence-electron chi connectivity index (χ4n) is 0.672. The maximum atomic E-state index is 10.7. The van der Waals surface area contributed by atoms with E-state index in [1.165, 1.54) is 0 Å². The van der Waals surface area contributed by atoms with Crippen LogP contribution in [0.2, 0.25) is 0 Å². The van der Waals surface area contributed by atoms with Crippen molar-refractivity contribution in [2.24, 2.45) is 0 Å². The smallest absolute Gasteiger partial charge is 0.342 e. The number of ketones is 1. The average Bonchev–Trinajstić information content (AvgIpc) is 2.11. The number of carbonyl (C=O) groups excluding carboxylic acids is 1. The molecule has 14 heavy (non-hydrogen) atoms. The van der Waals surface area contributed by atoms with Gasteiger partial charge in [-0.1, -0.05) is 0 Å². The lowest BCUT2D eigenvalue weighted by atomic mass is 10.0. The fourth-order valence-corrected chi connectivity index (χ4v) is 0.672. The second kappa shape index (κ2) is 4.75. The van der Waals surface area contributed by atoms with Crippen molar-refractivity contribution in [2.75, 3.05) is 6.61 Å². The summed E-state index contributed by atoms with van der Waals surface area (Å²) in [4.78, 5) is 10.7. The molecule has 0 bridgehead atoms. The van der Waals surface area contributed by atoms with Gasteiger partial charge in [-0.25, -0.2) is 0 Å². The monoisotopic (exact) mass is 212 g/mol. The van der Waals surface area contributed by atoms with E-state index in [0.29, 0.717) is 0 Å². The van der Waals surface area contributed by atoms with E-state index in [4.69, 9.17) is 35.7 Å². The number of Topliss-reactive ketones (excluding diaryl/α,β-unsaturated/α-hetero) is 1. The lowest BCUT2D eigenvalue weighted by Crippen LogP contribution is -2.52. The highest BCUT2D eigenvalue weighted by Crippen LogP contribution is 2.07. The van der Waals surface area contributed by atoms with Gasteiger partial charge in [-0.05, 0) is 0 Å². The molecular weight excluding hydrogens is 200 g/mol. The van der Waals surface area contributed by atoms with E-state index in [-0.39, 0.29) is 0 Å². The second-order valence-corrected chi connectivity index (χ2v) is 2.69. The molecule has 84 valence electrons. The third kappa shape index (κ3) is 3.27. The largest absolute Gasteiger partial charge is 0.394 e. The number of hydrogen-bond donors (Lipinski definition) is 7. The minimum atomic E-state index is -3.80. The molecule has 0 heterocycles. The maximum Gasteiger partial charge on any atom is 0.342 e. The van der Waals surface area contributed by atoms with Crippen molar-refractivity contribution < 1.29 is 40.5 Å². The van der Waals surface area contributed by atoms with E-state index in [9.17, 15) is 4.79 Å². The van der Waals surface area contributed by atoms with Crippen LogP contribution in [0.15, 0.2) is 0 Å². The molecule has 7 N–H and O–H groups in total. The molecule has 8 nitrogen and oxygen atoms in total. The first-order valence-corrected chi connectivity index (χ1v) is 3.58. The Hall–Kier alpha value is -0.610. The first-order valence-electron chi connectivity index (χ1n) is 3.58. The lowest BCUT2D eigenvalue weighted by molar-refractivity contribution is -0.293. The molecule has 0 saturated heterocycles. The van der Waals surface area contributed by atoms with Crippen LogP contribution in [0.5, 0.6) is 0 Å². The van der Waals surface area contributed by atoms with Crippen molar-refractivity contribution in [3.8, 4) is 0 Å². The summed E-state index contributed by atoms with van der Waals surface area (Å²) >= 11 is 0. The van der Waals surface area contributed by atoms with E-state index in [1.807, 2.05) is 0 Å². The van der Waals surface area contributed by atoms with Crippen molar-refractivity contribution >= 4 is 5.78 Å². The first kappa shape index (κ1) is 13.4. The van der Waals surface area contributed by atoms with Gasteiger partial charge in [-0.15, -0.1) is 0 Å². The van der Waals surface area contributed by atoms with Gasteiger partial charge in [0, 0.05) is 0 Å². The minimum Gasteiger partial charge on any atom is -0.394 e. The maximum absolute atomic E-state index is 10.7. The van der Waals surface area contributed by atoms with Crippen molar-refractivity contribution in [3.63, 3.8) is 0 Å². The standard InChI is InChI=1S/C6H12O8/c7-1-2(8)3(9)4(10)5(11)6(12,13)14/h2-4,7-10,12-14H,1H2/t2-,3-,4+/m1/s1. The van der Waals surface area contributed by atoms with E-state index in [2.05, 4.69) is 0 Å². The molecular formula is C6H12O8. The SMILES string of the molecule is O=C([C@@H](O)[C@H](O)[C@H](O)CO)C(O)(O)O. The van der Waals surface area contributed by atoms with E-state index < -0.39 is 36.7 Å². The van der Waals surface area contributed by atoms with Gasteiger partial charge < -0.3 is 35.7 Å². The van der Waals surface area contributed by atoms with Crippen LogP contribution in [-0.4, -0.2) is 72.4 Å². The van der Waals surface area contributed by atoms with Crippen molar-refractivity contribution in [3.05, 3.63) is 0 Å². The molecule has 0 aromatic rings. The summed E-state index contributed by atoms with van der Waals surface area (Å²) in [7, 11) is 0. The van der Waals surface area contributed by atoms with Gasteiger partial charge in [0.05, 0.1) is 6.61 Å². The van der Waals surface area contributed by atoms with Gasteiger partial charge in [0.15, 0.2) is 0 Å². The summed E-state index contributed by atoms with van der Waals surface area (Å²) in [5.41, 5.74) is 0. The zero-order valence-corrected chi connectivity index (χ0v) is 6.98. The molecule has 0 amide bonds. The number of aliphatic hydroxyl groups excluding tert-OH is 4. The van der Waals surface area contributed by atoms with Gasteiger partial charge in [0.2, 0.25) is 0 Å². The average molecular weight is 212 g/mol. The molecule has 0 aliphatic rings. The summed E-state index contributed by atoms with van der Waals surface area (Å²) in [6.45, 7) is -0.944. The van der Waals surface area contributed by atoms with Crippen LogP contribution in [0.1, 0.15) is 0 Å². The Labute approximate surface area is 78.3 Å². The van der Waals surface area contributed by atoms with Crippen LogP contribution in [0.3, 0.4) is 0 Å². The third-order valence-electron chi connectivity index (χ3n) is 1.50. The van der Waals surface area contributed by atoms with Gasteiger partial charge >= 0.3 is 5.97 Å². The molecule has 0 aliphatic heterocycles. The highest BCUT2D eigenvalue weighted by molar-refractivity contribution is 5.88. The number of aliphatic hydroxyl groups is 7. The van der Waals surface area contributed by atoms with Gasteiger partial charge in [-0.2, -0.15) is 0 Å². The number of carbonyl (C=O) groups is 1. The Morgan fingerprint density at radius 2 is 1.57 bits per heavy atom. The molecule has 0 fully saturated rings. The predicted molar refractivity (Wildman–Crippen MR) is 39.5 cm³/mol. The Balaban J connectivity index is 4.47. The molecule has 0 unspecified atom stereocenters. The summed E-state index contributed by atoms with van der Waals surface area (Å²) in [5.74, 6) is -5.70. The zero-order valence-electron chi connectivity index (χ0n) is 6.98. The summed E-state index contributed by atoms with van der Waals surface area (Å²) in [6.07, 6.45) is -6.38. The molecule has 0 saturated carbocycles. The first-order chi connectivity index (χ1) is 6.21. The molecule has 0 aliphatic carbocycles. The highest BCUT2D eigenvalue weighted by Gasteiger charge is 2.41. The fraction of sp³-hybridized carbons (Fsp3) is 0.833. The Bertz CT molecular complexity index is 196. The van der Waals surface area contributed by atoms with Crippen LogP contribution in [-0.2, 0) is 4.79 Å². The van der Waals surface area contributed by atoms with Gasteiger partial charge in [-0.3, -0.25) is 4.79 Å². The quantitative estimate of drug-likeness (QED) is 0.224. The van der Waals surface area contributed by atoms with Crippen molar-refractivity contribution in [1.29, 1.82) is 0 Å². The van der Waals surface area contributed by atoms with Crippen molar-refractivity contribution in [1.82, 2.24) is 0 Å². The molecule has 0 aromatic carbocycles. The number of rotatable bonds is 5. The molecule has 3 atom stereocenters. The predicted octanol–water partition coefficient (Wildman–Crippen LogP) is -4.74. The Morgan fingerprint density at radius 3 is 1.86 bits per heavy atom. The zero-order chi connectivity index (χ0) is 11.5. The Morgan fingerprint density at radius 1 is 1.14 bits per heavy atom. The van der Waals surface area contributed by atoms with Gasteiger partial charge in [0.25, 0.3) is 5.78 Å². The molecule has 0 aromatic heterocycles. The van der Waals surface area contributed by atoms with Gasteiger partial charge in [0.1, 0.15) is 18.3 Å². The number of hydrogen-bond acceptors (Lipinski definition) is 8. The molecule has 8 heteroatoms. The third-order valence-corrected chi connectivity index (χ3v) is 1.50. The van der Waals surface area contributed by atoms with Crippen molar-refractivity contribution in [2.45, 2.75) is 24.3 Å². The summed E-state index contributed by atoms with van der Waals surface area (Å²) < 4.78 is 0. The van der Waals surface area contributed by atoms with Crippen LogP contribution in [0.25, 0.3) is 0 Å². The van der Waals surface area contributed by atoms with Crippen LogP contribution < -0.4 is 0 Å². The summed E-state index contributed by atoms with van der Waals surface area (Å²) in [5, 5.41) is 59.8. The topological polar surface area (TPSA) is 159 Å². The minimum absolute atomic E-state index is 0.944.